The molecular formula is C26H33N7S. The van der Waals surface area contributed by atoms with Gasteiger partial charge in [0.15, 0.2) is 6.19 Å². The molecule has 1 aliphatic heterocycles. The summed E-state index contributed by atoms with van der Waals surface area (Å²) in [7, 11) is 0. The highest BCUT2D eigenvalue weighted by Gasteiger charge is 2.33. The average Bonchev–Trinajstić information content (AvgIpc) is 3.25. The van der Waals surface area contributed by atoms with Gasteiger partial charge in [-0.15, -0.1) is 11.3 Å². The fourth-order valence-electron chi connectivity index (χ4n) is 4.29. The molecule has 2 aromatic heterocycles. The van der Waals surface area contributed by atoms with Crippen molar-refractivity contribution >= 4 is 39.0 Å². The van der Waals surface area contributed by atoms with Crippen LogP contribution in [-0.2, 0) is 5.41 Å². The van der Waals surface area contributed by atoms with E-state index in [4.69, 9.17) is 9.98 Å². The second kappa shape index (κ2) is 9.59. The molecule has 178 valence electrons. The Morgan fingerprint density at radius 1 is 1.24 bits per heavy atom. The minimum absolute atomic E-state index is 0.0751. The lowest BCUT2D eigenvalue weighted by molar-refractivity contribution is 0.220. The summed E-state index contributed by atoms with van der Waals surface area (Å²) in [6.07, 6.45) is 3.77. The Bertz CT molecular complexity index is 1230. The van der Waals surface area contributed by atoms with Gasteiger partial charge in [0.25, 0.3) is 0 Å². The molecule has 1 atom stereocenters. The number of aryl methyl sites for hydroxylation is 1. The molecule has 34 heavy (non-hydrogen) atoms. The van der Waals surface area contributed by atoms with Crippen molar-refractivity contribution in [2.24, 2.45) is 10.9 Å². The summed E-state index contributed by atoms with van der Waals surface area (Å²) < 4.78 is 1.15. The SMILES string of the molecule is Cc1ccccc1N=C(NC#N)N1CCN(c2ncnc3cc(C(C)(C)C)sc23)CC1C(C)C. The summed E-state index contributed by atoms with van der Waals surface area (Å²) in [4.78, 5) is 20.0. The Labute approximate surface area is 206 Å². The molecule has 3 heterocycles. The zero-order valence-corrected chi connectivity index (χ0v) is 21.6. The highest BCUT2D eigenvalue weighted by molar-refractivity contribution is 7.19. The summed E-state index contributed by atoms with van der Waals surface area (Å²) in [6, 6.07) is 10.4. The Morgan fingerprint density at radius 3 is 2.68 bits per heavy atom. The molecule has 7 nitrogen and oxygen atoms in total. The number of anilines is 1. The smallest absolute Gasteiger partial charge is 0.212 e. The molecule has 0 spiro atoms. The van der Waals surface area contributed by atoms with Crippen LogP contribution >= 0.6 is 11.3 Å². The first kappa shape index (κ1) is 24.0. The van der Waals surface area contributed by atoms with Gasteiger partial charge in [0.2, 0.25) is 5.96 Å². The van der Waals surface area contributed by atoms with Crippen LogP contribution in [0.15, 0.2) is 41.7 Å². The Morgan fingerprint density at radius 2 is 2.00 bits per heavy atom. The molecule has 1 unspecified atom stereocenters. The number of fused-ring (bicyclic) bond motifs is 1. The van der Waals surface area contributed by atoms with E-state index in [1.165, 1.54) is 4.88 Å². The van der Waals surface area contributed by atoms with Gasteiger partial charge in [0.05, 0.1) is 21.9 Å². The van der Waals surface area contributed by atoms with Crippen molar-refractivity contribution in [1.82, 2.24) is 20.2 Å². The number of hydrogen-bond acceptors (Lipinski definition) is 6. The maximum absolute atomic E-state index is 9.46. The standard InChI is InChI=1S/C26H33N7S/c1-17(2)21-14-32(24-23-20(29-16-30-24)13-22(34-23)26(4,5)6)11-12-33(21)25(28-15-27)31-19-10-8-7-9-18(19)3/h7-10,13,16-17,21H,11-12,14H2,1-6H3,(H,28,31). The fraction of sp³-hybridized carbons (Fsp3) is 0.462. The van der Waals surface area contributed by atoms with E-state index in [0.717, 1.165) is 46.9 Å². The summed E-state index contributed by atoms with van der Waals surface area (Å²) in [6.45, 7) is 15.5. The van der Waals surface area contributed by atoms with E-state index < -0.39 is 0 Å². The van der Waals surface area contributed by atoms with Crippen LogP contribution < -0.4 is 10.2 Å². The molecule has 1 saturated heterocycles. The largest absolute Gasteiger partial charge is 0.351 e. The molecule has 8 heteroatoms. The first-order valence-electron chi connectivity index (χ1n) is 11.7. The summed E-state index contributed by atoms with van der Waals surface area (Å²) in [5.74, 6) is 1.96. The Kier molecular flexibility index (Phi) is 6.76. The van der Waals surface area contributed by atoms with E-state index in [2.05, 4.69) is 67.0 Å². The van der Waals surface area contributed by atoms with Crippen LogP contribution in [0.1, 0.15) is 45.1 Å². The van der Waals surface area contributed by atoms with E-state index in [0.29, 0.717) is 11.9 Å². The fourth-order valence-corrected chi connectivity index (χ4v) is 5.48. The maximum atomic E-state index is 9.46. The first-order chi connectivity index (χ1) is 16.2. The molecule has 1 fully saturated rings. The number of aliphatic imine (C=N–C) groups is 1. The normalized spacial score (nSPS) is 17.4. The molecule has 0 amide bonds. The van der Waals surface area contributed by atoms with Crippen molar-refractivity contribution in [2.75, 3.05) is 24.5 Å². The maximum Gasteiger partial charge on any atom is 0.212 e. The number of hydrogen-bond donors (Lipinski definition) is 1. The highest BCUT2D eigenvalue weighted by Crippen LogP contribution is 2.38. The monoisotopic (exact) mass is 475 g/mol. The van der Waals surface area contributed by atoms with E-state index >= 15 is 0 Å². The second-order valence-corrected chi connectivity index (χ2v) is 11.2. The van der Waals surface area contributed by atoms with Crippen molar-refractivity contribution < 1.29 is 0 Å². The van der Waals surface area contributed by atoms with Gasteiger partial charge in [-0.05, 0) is 36.0 Å². The van der Waals surface area contributed by atoms with Crippen LogP contribution in [-0.4, -0.2) is 46.5 Å². The number of nitrogens with zero attached hydrogens (tertiary/aromatic N) is 6. The van der Waals surface area contributed by atoms with Crippen LogP contribution in [0, 0.1) is 24.3 Å². The van der Waals surface area contributed by atoms with E-state index in [1.807, 2.05) is 31.2 Å². The number of rotatable bonds is 3. The summed E-state index contributed by atoms with van der Waals surface area (Å²) >= 11 is 1.79. The van der Waals surface area contributed by atoms with Crippen LogP contribution in [0.25, 0.3) is 10.2 Å². The lowest BCUT2D eigenvalue weighted by Crippen LogP contribution is -2.59. The van der Waals surface area contributed by atoms with Crippen LogP contribution in [0.4, 0.5) is 11.5 Å². The summed E-state index contributed by atoms with van der Waals surface area (Å²) in [5, 5.41) is 12.3. The van der Waals surface area contributed by atoms with Crippen LogP contribution in [0.2, 0.25) is 0 Å². The minimum Gasteiger partial charge on any atom is -0.351 e. The number of nitrogens with one attached hydrogen (secondary N) is 1. The van der Waals surface area contributed by atoms with E-state index in [1.54, 1.807) is 17.7 Å². The minimum atomic E-state index is 0.0751. The number of nitriles is 1. The van der Waals surface area contributed by atoms with Gasteiger partial charge < -0.3 is 9.80 Å². The highest BCUT2D eigenvalue weighted by atomic mass is 32.1. The molecule has 4 rings (SSSR count). The number of guanidine groups is 1. The van der Waals surface area contributed by atoms with E-state index in [-0.39, 0.29) is 11.5 Å². The van der Waals surface area contributed by atoms with Gasteiger partial charge in [-0.1, -0.05) is 52.8 Å². The van der Waals surface area contributed by atoms with Crippen molar-refractivity contribution in [3.05, 3.63) is 47.1 Å². The predicted molar refractivity (Wildman–Crippen MR) is 141 cm³/mol. The number of benzene rings is 1. The van der Waals surface area contributed by atoms with E-state index in [9.17, 15) is 5.26 Å². The van der Waals surface area contributed by atoms with Crippen LogP contribution in [0.3, 0.4) is 0 Å². The molecule has 1 aliphatic rings. The van der Waals surface area contributed by atoms with Gasteiger partial charge in [0, 0.05) is 24.5 Å². The van der Waals surface area contributed by atoms with Gasteiger partial charge >= 0.3 is 0 Å². The number of piperazine rings is 1. The lowest BCUT2D eigenvalue weighted by Gasteiger charge is -2.44. The molecule has 3 aromatic rings. The Balaban J connectivity index is 1.67. The number of thiophene rings is 1. The molecule has 0 bridgehead atoms. The van der Waals surface area contributed by atoms with Crippen molar-refractivity contribution in [3.63, 3.8) is 0 Å². The molecule has 0 saturated carbocycles. The zero-order valence-electron chi connectivity index (χ0n) is 20.8. The topological polar surface area (TPSA) is 80.4 Å². The molecule has 1 aromatic carbocycles. The first-order valence-corrected chi connectivity index (χ1v) is 12.6. The van der Waals surface area contributed by atoms with Gasteiger partial charge in [0.1, 0.15) is 12.1 Å². The van der Waals surface area contributed by atoms with Crippen molar-refractivity contribution in [3.8, 4) is 6.19 Å². The van der Waals surface area contributed by atoms with Gasteiger partial charge in [-0.2, -0.15) is 5.26 Å². The lowest BCUT2D eigenvalue weighted by atomic mass is 9.95. The second-order valence-electron chi connectivity index (χ2n) is 10.2. The van der Waals surface area contributed by atoms with Crippen LogP contribution in [0.5, 0.6) is 0 Å². The third-order valence-corrected chi connectivity index (χ3v) is 7.85. The number of para-hydroxylation sites is 1. The third-order valence-electron chi connectivity index (χ3n) is 6.30. The Hall–Kier alpha value is -3.18. The third kappa shape index (κ3) is 4.85. The molecular weight excluding hydrogens is 442 g/mol. The van der Waals surface area contributed by atoms with Gasteiger partial charge in [-0.3, -0.25) is 5.32 Å². The summed E-state index contributed by atoms with van der Waals surface area (Å²) in [5.41, 5.74) is 3.04. The van der Waals surface area contributed by atoms with Gasteiger partial charge in [-0.25, -0.2) is 15.0 Å². The molecule has 0 aliphatic carbocycles. The number of aromatic nitrogens is 2. The quantitative estimate of drug-likeness (QED) is 0.243. The molecule has 1 N–H and O–H groups in total. The zero-order chi connectivity index (χ0) is 24.5. The molecule has 0 radical (unpaired) electrons. The predicted octanol–water partition coefficient (Wildman–Crippen LogP) is 5.20. The van der Waals surface area contributed by atoms with Crippen molar-refractivity contribution in [2.45, 2.75) is 53.0 Å². The van der Waals surface area contributed by atoms with Crippen molar-refractivity contribution in [1.29, 1.82) is 5.26 Å². The average molecular weight is 476 g/mol.